The van der Waals surface area contributed by atoms with Crippen LogP contribution >= 0.6 is 11.6 Å². The topological polar surface area (TPSA) is 15.3 Å². The predicted octanol–water partition coefficient (Wildman–Crippen LogP) is 3.05. The van der Waals surface area contributed by atoms with E-state index in [-0.39, 0.29) is 11.4 Å². The fourth-order valence-electron chi connectivity index (χ4n) is 2.36. The monoisotopic (exact) mass is 270 g/mol. The minimum atomic E-state index is -0.204. The molecule has 0 amide bonds. The average Bonchev–Trinajstić information content (AvgIpc) is 2.36. The second kappa shape index (κ2) is 5.55. The van der Waals surface area contributed by atoms with E-state index in [1.165, 1.54) is 6.07 Å². The SMILES string of the molecule is CNC1(C)CCN(Cc2c(F)cccc2Cl)CC1. The quantitative estimate of drug-likeness (QED) is 0.908. The van der Waals surface area contributed by atoms with Crippen LogP contribution in [-0.4, -0.2) is 30.6 Å². The fraction of sp³-hybridized carbons (Fsp3) is 0.571. The molecule has 0 aromatic heterocycles. The summed E-state index contributed by atoms with van der Waals surface area (Å²) < 4.78 is 13.7. The normalized spacial score (nSPS) is 20.0. The Bertz CT molecular complexity index is 394. The first-order valence-electron chi connectivity index (χ1n) is 6.38. The van der Waals surface area contributed by atoms with Gasteiger partial charge in [-0.15, -0.1) is 0 Å². The molecule has 1 N–H and O–H groups in total. The van der Waals surface area contributed by atoms with Gasteiger partial charge < -0.3 is 5.32 Å². The molecule has 18 heavy (non-hydrogen) atoms. The molecule has 100 valence electrons. The number of benzene rings is 1. The van der Waals surface area contributed by atoms with Crippen LogP contribution in [0.25, 0.3) is 0 Å². The summed E-state index contributed by atoms with van der Waals surface area (Å²) in [5.74, 6) is -0.204. The zero-order valence-corrected chi connectivity index (χ0v) is 11.7. The summed E-state index contributed by atoms with van der Waals surface area (Å²) in [4.78, 5) is 2.27. The van der Waals surface area contributed by atoms with Crippen LogP contribution in [0.1, 0.15) is 25.3 Å². The van der Waals surface area contributed by atoms with Crippen molar-refractivity contribution < 1.29 is 4.39 Å². The third kappa shape index (κ3) is 3.02. The molecule has 0 spiro atoms. The van der Waals surface area contributed by atoms with E-state index in [2.05, 4.69) is 17.1 Å². The maximum atomic E-state index is 13.7. The van der Waals surface area contributed by atoms with Crippen LogP contribution in [0.3, 0.4) is 0 Å². The lowest BCUT2D eigenvalue weighted by molar-refractivity contribution is 0.145. The third-order valence-electron chi connectivity index (χ3n) is 4.01. The van der Waals surface area contributed by atoms with Crippen molar-refractivity contribution in [3.8, 4) is 0 Å². The highest BCUT2D eigenvalue weighted by Gasteiger charge is 2.28. The highest BCUT2D eigenvalue weighted by Crippen LogP contribution is 2.25. The van der Waals surface area contributed by atoms with E-state index in [1.807, 2.05) is 7.05 Å². The van der Waals surface area contributed by atoms with Gasteiger partial charge in [0.05, 0.1) is 0 Å². The van der Waals surface area contributed by atoms with Crippen molar-refractivity contribution >= 4 is 11.6 Å². The Balaban J connectivity index is 2.00. The summed E-state index contributed by atoms with van der Waals surface area (Å²) in [5, 5.41) is 3.89. The summed E-state index contributed by atoms with van der Waals surface area (Å²) in [5.41, 5.74) is 0.836. The molecular formula is C14H20ClFN2. The molecule has 0 bridgehead atoms. The van der Waals surface area contributed by atoms with E-state index in [0.29, 0.717) is 17.1 Å². The molecule has 1 aliphatic heterocycles. The van der Waals surface area contributed by atoms with Crippen molar-refractivity contribution in [2.75, 3.05) is 20.1 Å². The second-order valence-electron chi connectivity index (χ2n) is 5.29. The largest absolute Gasteiger partial charge is 0.314 e. The lowest BCUT2D eigenvalue weighted by Crippen LogP contribution is -2.49. The maximum Gasteiger partial charge on any atom is 0.129 e. The molecular weight excluding hydrogens is 251 g/mol. The van der Waals surface area contributed by atoms with Gasteiger partial charge in [-0.25, -0.2) is 4.39 Å². The first-order valence-corrected chi connectivity index (χ1v) is 6.76. The molecule has 1 aliphatic rings. The first-order chi connectivity index (χ1) is 8.54. The standard InChI is InChI=1S/C14H20ClFN2/c1-14(17-2)6-8-18(9-7-14)10-11-12(15)4-3-5-13(11)16/h3-5,17H,6-10H2,1-2H3. The molecule has 0 aliphatic carbocycles. The van der Waals surface area contributed by atoms with Crippen molar-refractivity contribution in [3.05, 3.63) is 34.6 Å². The van der Waals surface area contributed by atoms with Gasteiger partial charge >= 0.3 is 0 Å². The predicted molar refractivity (Wildman–Crippen MR) is 73.4 cm³/mol. The van der Waals surface area contributed by atoms with Gasteiger partial charge in [-0.1, -0.05) is 17.7 Å². The van der Waals surface area contributed by atoms with Crippen molar-refractivity contribution in [1.82, 2.24) is 10.2 Å². The Morgan fingerprint density at radius 3 is 2.61 bits per heavy atom. The lowest BCUT2D eigenvalue weighted by Gasteiger charge is -2.39. The number of piperidine rings is 1. The van der Waals surface area contributed by atoms with Gasteiger partial charge in [-0.3, -0.25) is 4.90 Å². The summed E-state index contributed by atoms with van der Waals surface area (Å²) in [6.07, 6.45) is 2.16. The molecule has 0 atom stereocenters. The van der Waals surface area contributed by atoms with Crippen LogP contribution in [0.5, 0.6) is 0 Å². The van der Waals surface area contributed by atoms with Crippen molar-refractivity contribution in [2.45, 2.75) is 31.8 Å². The molecule has 1 saturated heterocycles. The zero-order valence-electron chi connectivity index (χ0n) is 11.0. The van der Waals surface area contributed by atoms with Gasteiger partial charge in [0.25, 0.3) is 0 Å². The van der Waals surface area contributed by atoms with Crippen LogP contribution in [0.2, 0.25) is 5.02 Å². The van der Waals surface area contributed by atoms with E-state index in [0.717, 1.165) is 25.9 Å². The molecule has 1 fully saturated rings. The summed E-state index contributed by atoms with van der Waals surface area (Å²) in [7, 11) is 2.00. The summed E-state index contributed by atoms with van der Waals surface area (Å²) in [6, 6.07) is 4.87. The van der Waals surface area contributed by atoms with Gasteiger partial charge in [-0.05, 0) is 38.9 Å². The Kier molecular flexibility index (Phi) is 4.25. The summed E-state index contributed by atoms with van der Waals surface area (Å²) in [6.45, 7) is 4.79. The minimum absolute atomic E-state index is 0.204. The Labute approximate surface area is 113 Å². The van der Waals surface area contributed by atoms with Crippen LogP contribution in [0.4, 0.5) is 4.39 Å². The van der Waals surface area contributed by atoms with Gasteiger partial charge in [0, 0.05) is 35.8 Å². The van der Waals surface area contributed by atoms with Crippen molar-refractivity contribution in [2.24, 2.45) is 0 Å². The van der Waals surface area contributed by atoms with E-state index in [9.17, 15) is 4.39 Å². The molecule has 0 saturated carbocycles. The maximum absolute atomic E-state index is 13.7. The number of nitrogens with one attached hydrogen (secondary N) is 1. The van der Waals surface area contributed by atoms with Crippen LogP contribution in [-0.2, 0) is 6.54 Å². The molecule has 4 heteroatoms. The van der Waals surface area contributed by atoms with Crippen LogP contribution in [0, 0.1) is 5.82 Å². The molecule has 0 unspecified atom stereocenters. The van der Waals surface area contributed by atoms with E-state index >= 15 is 0 Å². The summed E-state index contributed by atoms with van der Waals surface area (Å²) >= 11 is 6.05. The molecule has 2 nitrogen and oxygen atoms in total. The molecule has 1 heterocycles. The molecule has 1 aromatic carbocycles. The van der Waals surface area contributed by atoms with Crippen LogP contribution in [0.15, 0.2) is 18.2 Å². The van der Waals surface area contributed by atoms with Gasteiger partial charge in [-0.2, -0.15) is 0 Å². The number of rotatable bonds is 3. The number of hydrogen-bond donors (Lipinski definition) is 1. The highest BCUT2D eigenvalue weighted by molar-refractivity contribution is 6.31. The van der Waals surface area contributed by atoms with Gasteiger partial charge in [0.15, 0.2) is 0 Å². The molecule has 0 radical (unpaired) electrons. The molecule has 1 aromatic rings. The lowest BCUT2D eigenvalue weighted by atomic mass is 9.90. The third-order valence-corrected chi connectivity index (χ3v) is 4.36. The Morgan fingerprint density at radius 2 is 2.06 bits per heavy atom. The number of likely N-dealkylation sites (tertiary alicyclic amines) is 1. The number of halogens is 2. The first kappa shape index (κ1) is 13.8. The average molecular weight is 271 g/mol. The van der Waals surface area contributed by atoms with Crippen LogP contribution < -0.4 is 5.32 Å². The van der Waals surface area contributed by atoms with Crippen molar-refractivity contribution in [3.63, 3.8) is 0 Å². The van der Waals surface area contributed by atoms with E-state index in [4.69, 9.17) is 11.6 Å². The highest BCUT2D eigenvalue weighted by atomic mass is 35.5. The second-order valence-corrected chi connectivity index (χ2v) is 5.69. The number of hydrogen-bond acceptors (Lipinski definition) is 2. The Morgan fingerprint density at radius 1 is 1.39 bits per heavy atom. The van der Waals surface area contributed by atoms with Gasteiger partial charge in [0.1, 0.15) is 5.82 Å². The molecule has 2 rings (SSSR count). The zero-order chi connectivity index (χ0) is 13.2. The van der Waals surface area contributed by atoms with E-state index < -0.39 is 0 Å². The fourth-order valence-corrected chi connectivity index (χ4v) is 2.58. The van der Waals surface area contributed by atoms with Gasteiger partial charge in [0.2, 0.25) is 0 Å². The van der Waals surface area contributed by atoms with Crippen molar-refractivity contribution in [1.29, 1.82) is 0 Å². The minimum Gasteiger partial charge on any atom is -0.314 e. The smallest absolute Gasteiger partial charge is 0.129 e. The Hall–Kier alpha value is -0.640. The number of nitrogens with zero attached hydrogens (tertiary/aromatic N) is 1. The van der Waals surface area contributed by atoms with E-state index in [1.54, 1.807) is 12.1 Å².